The molecule has 11 heteroatoms. The molecule has 0 atom stereocenters. The van der Waals surface area contributed by atoms with Crippen LogP contribution in [0, 0.1) is 0 Å². The third kappa shape index (κ3) is 5.95. The molecule has 2 aromatic carbocycles. The van der Waals surface area contributed by atoms with Crippen LogP contribution in [0.3, 0.4) is 0 Å². The highest BCUT2D eigenvalue weighted by Gasteiger charge is 2.15. The van der Waals surface area contributed by atoms with Gasteiger partial charge in [0.2, 0.25) is 5.91 Å². The number of thioether (sulfide) groups is 1. The van der Waals surface area contributed by atoms with E-state index in [0.29, 0.717) is 49.1 Å². The van der Waals surface area contributed by atoms with Gasteiger partial charge in [0.25, 0.3) is 0 Å². The number of anilines is 1. The fourth-order valence-corrected chi connectivity index (χ4v) is 4.12. The number of benzene rings is 2. The lowest BCUT2D eigenvalue weighted by Gasteiger charge is -2.10. The molecule has 30 heavy (non-hydrogen) atoms. The molecule has 0 fully saturated rings. The molecule has 0 saturated heterocycles. The van der Waals surface area contributed by atoms with Gasteiger partial charge in [-0.3, -0.25) is 4.79 Å². The van der Waals surface area contributed by atoms with Gasteiger partial charge in [-0.15, -0.1) is 10.2 Å². The van der Waals surface area contributed by atoms with Gasteiger partial charge in [-0.2, -0.15) is 0 Å². The van der Waals surface area contributed by atoms with Gasteiger partial charge in [0.15, 0.2) is 11.0 Å². The molecule has 0 unspecified atom stereocenters. The van der Waals surface area contributed by atoms with Crippen LogP contribution in [0.15, 0.2) is 41.6 Å². The van der Waals surface area contributed by atoms with E-state index in [2.05, 4.69) is 15.5 Å². The number of aromatic nitrogens is 3. The number of nitrogens with one attached hydrogen (secondary N) is 1. The van der Waals surface area contributed by atoms with Crippen LogP contribution in [0.25, 0.3) is 0 Å². The number of halogens is 4. The molecule has 1 heterocycles. The lowest BCUT2D eigenvalue weighted by molar-refractivity contribution is -0.113. The van der Waals surface area contributed by atoms with E-state index in [1.165, 1.54) is 11.8 Å². The lowest BCUT2D eigenvalue weighted by atomic mass is 10.3. The highest BCUT2D eigenvalue weighted by molar-refractivity contribution is 7.99. The van der Waals surface area contributed by atoms with Crippen molar-refractivity contribution in [3.05, 3.63) is 62.3 Å². The second-order valence-corrected chi connectivity index (χ2v) is 8.60. The van der Waals surface area contributed by atoms with Gasteiger partial charge in [-0.05, 0) is 43.3 Å². The van der Waals surface area contributed by atoms with Crippen molar-refractivity contribution in [2.45, 2.75) is 25.2 Å². The van der Waals surface area contributed by atoms with E-state index in [-0.39, 0.29) is 18.3 Å². The summed E-state index contributed by atoms with van der Waals surface area (Å²) in [7, 11) is 0. The largest absolute Gasteiger partial charge is 0.484 e. The monoisotopic (exact) mass is 504 g/mol. The first kappa shape index (κ1) is 23.0. The van der Waals surface area contributed by atoms with Crippen LogP contribution in [0.5, 0.6) is 5.75 Å². The fourth-order valence-electron chi connectivity index (χ4n) is 2.49. The average Bonchev–Trinajstić information content (AvgIpc) is 3.10. The SMILES string of the molecule is CCn1c(COc2ccc(Cl)cc2Cl)nnc1SCC(=O)Nc1cc(Cl)ccc1Cl. The zero-order valence-electron chi connectivity index (χ0n) is 15.7. The number of amides is 1. The third-order valence-corrected chi connectivity index (χ3v) is 5.96. The second-order valence-electron chi connectivity index (χ2n) is 5.97. The first-order valence-electron chi connectivity index (χ1n) is 8.75. The highest BCUT2D eigenvalue weighted by Crippen LogP contribution is 2.29. The molecule has 0 aliphatic heterocycles. The summed E-state index contributed by atoms with van der Waals surface area (Å²) >= 11 is 25.3. The Balaban J connectivity index is 1.61. The second kappa shape index (κ2) is 10.6. The summed E-state index contributed by atoms with van der Waals surface area (Å²) in [5, 5.41) is 13.5. The van der Waals surface area contributed by atoms with Gasteiger partial charge < -0.3 is 14.6 Å². The Labute approximate surface area is 197 Å². The van der Waals surface area contributed by atoms with E-state index in [1.807, 2.05) is 11.5 Å². The Morgan fingerprint density at radius 2 is 1.80 bits per heavy atom. The molecule has 0 aliphatic carbocycles. The van der Waals surface area contributed by atoms with Crippen molar-refractivity contribution in [1.29, 1.82) is 0 Å². The van der Waals surface area contributed by atoms with Gasteiger partial charge in [0.1, 0.15) is 12.4 Å². The Morgan fingerprint density at radius 1 is 1.07 bits per heavy atom. The van der Waals surface area contributed by atoms with E-state index in [4.69, 9.17) is 51.1 Å². The van der Waals surface area contributed by atoms with Crippen molar-refractivity contribution in [3.8, 4) is 5.75 Å². The molecule has 3 aromatic rings. The van der Waals surface area contributed by atoms with Crippen LogP contribution in [-0.4, -0.2) is 26.4 Å². The summed E-state index contributed by atoms with van der Waals surface area (Å²) in [6.07, 6.45) is 0. The smallest absolute Gasteiger partial charge is 0.234 e. The number of hydrogen-bond acceptors (Lipinski definition) is 5. The van der Waals surface area contributed by atoms with Crippen molar-refractivity contribution in [3.63, 3.8) is 0 Å². The van der Waals surface area contributed by atoms with Crippen molar-refractivity contribution < 1.29 is 9.53 Å². The minimum absolute atomic E-state index is 0.130. The third-order valence-electron chi connectivity index (χ3n) is 3.90. The molecule has 0 bridgehead atoms. The Kier molecular flexibility index (Phi) is 8.13. The van der Waals surface area contributed by atoms with E-state index in [1.54, 1.807) is 36.4 Å². The summed E-state index contributed by atoms with van der Waals surface area (Å²) < 4.78 is 7.60. The summed E-state index contributed by atoms with van der Waals surface area (Å²) in [6.45, 7) is 2.75. The average molecular weight is 506 g/mol. The first-order chi connectivity index (χ1) is 14.4. The maximum Gasteiger partial charge on any atom is 0.234 e. The number of rotatable bonds is 8. The highest BCUT2D eigenvalue weighted by atomic mass is 35.5. The first-order valence-corrected chi connectivity index (χ1v) is 11.2. The molecule has 0 aliphatic rings. The predicted octanol–water partition coefficient (Wildman–Crippen LogP) is 6.22. The quantitative estimate of drug-likeness (QED) is 0.368. The van der Waals surface area contributed by atoms with Crippen molar-refractivity contribution in [2.24, 2.45) is 0 Å². The topological polar surface area (TPSA) is 69.0 Å². The molecule has 158 valence electrons. The van der Waals surface area contributed by atoms with Crippen molar-refractivity contribution >= 4 is 69.8 Å². The Hall–Kier alpha value is -1.64. The maximum atomic E-state index is 12.3. The van der Waals surface area contributed by atoms with Gasteiger partial charge >= 0.3 is 0 Å². The summed E-state index contributed by atoms with van der Waals surface area (Å²) in [5.74, 6) is 1.01. The molecular weight excluding hydrogens is 490 g/mol. The summed E-state index contributed by atoms with van der Waals surface area (Å²) in [6, 6.07) is 9.86. The zero-order chi connectivity index (χ0) is 21.7. The molecule has 0 spiro atoms. The maximum absolute atomic E-state index is 12.3. The van der Waals surface area contributed by atoms with Crippen molar-refractivity contribution in [1.82, 2.24) is 14.8 Å². The molecule has 1 N–H and O–H groups in total. The summed E-state index contributed by atoms with van der Waals surface area (Å²) in [5.41, 5.74) is 0.459. The van der Waals surface area contributed by atoms with Gasteiger partial charge in [0.05, 0.1) is 21.5 Å². The molecular formula is C19H16Cl4N4O2S. The molecule has 3 rings (SSSR count). The predicted molar refractivity (Wildman–Crippen MR) is 122 cm³/mol. The van der Waals surface area contributed by atoms with E-state index >= 15 is 0 Å². The van der Waals surface area contributed by atoms with Crippen LogP contribution in [0.1, 0.15) is 12.7 Å². The van der Waals surface area contributed by atoms with Gasteiger partial charge in [0, 0.05) is 16.6 Å². The number of carbonyl (C=O) groups excluding carboxylic acids is 1. The molecule has 0 saturated carbocycles. The van der Waals surface area contributed by atoms with E-state index in [9.17, 15) is 4.79 Å². The van der Waals surface area contributed by atoms with Gasteiger partial charge in [-0.1, -0.05) is 58.2 Å². The molecule has 1 aromatic heterocycles. The minimum atomic E-state index is -0.236. The number of ether oxygens (including phenoxy) is 1. The lowest BCUT2D eigenvalue weighted by Crippen LogP contribution is -2.15. The molecule has 0 radical (unpaired) electrons. The minimum Gasteiger partial charge on any atom is -0.484 e. The zero-order valence-corrected chi connectivity index (χ0v) is 19.5. The Morgan fingerprint density at radius 3 is 2.53 bits per heavy atom. The normalized spacial score (nSPS) is 10.8. The van der Waals surface area contributed by atoms with Crippen LogP contribution < -0.4 is 10.1 Å². The fraction of sp³-hybridized carbons (Fsp3) is 0.211. The number of nitrogens with zero attached hydrogens (tertiary/aromatic N) is 3. The number of carbonyl (C=O) groups is 1. The van der Waals surface area contributed by atoms with Crippen LogP contribution in [-0.2, 0) is 17.9 Å². The van der Waals surface area contributed by atoms with E-state index in [0.717, 1.165) is 0 Å². The van der Waals surface area contributed by atoms with E-state index < -0.39 is 0 Å². The van der Waals surface area contributed by atoms with Crippen molar-refractivity contribution in [2.75, 3.05) is 11.1 Å². The van der Waals surface area contributed by atoms with Crippen LogP contribution >= 0.6 is 58.2 Å². The number of hydrogen-bond donors (Lipinski definition) is 1. The van der Waals surface area contributed by atoms with Gasteiger partial charge in [-0.25, -0.2) is 0 Å². The summed E-state index contributed by atoms with van der Waals surface area (Å²) in [4.78, 5) is 12.3. The Bertz CT molecular complexity index is 1060. The van der Waals surface area contributed by atoms with Crippen LogP contribution in [0.2, 0.25) is 20.1 Å². The molecule has 1 amide bonds. The van der Waals surface area contributed by atoms with Crippen LogP contribution in [0.4, 0.5) is 5.69 Å². The standard InChI is InChI=1S/C19H16Cl4N4O2S/c1-2-27-17(9-29-16-6-4-11(20)7-14(16)23)25-26-19(27)30-10-18(28)24-15-8-12(21)3-5-13(15)22/h3-8H,2,9-10H2,1H3,(H,24,28). The molecule has 6 nitrogen and oxygen atoms in total.